The second-order valence-electron chi connectivity index (χ2n) is 8.38. The molecule has 3 aromatic carbocycles. The van der Waals surface area contributed by atoms with Crippen LogP contribution in [0.4, 0.5) is 0 Å². The van der Waals surface area contributed by atoms with Crippen LogP contribution in [0.2, 0.25) is 0 Å². The van der Waals surface area contributed by atoms with Gasteiger partial charge in [-0.3, -0.25) is 0 Å². The zero-order chi connectivity index (χ0) is 22.3. The summed E-state index contributed by atoms with van der Waals surface area (Å²) in [4.78, 5) is 6.14. The van der Waals surface area contributed by atoms with Gasteiger partial charge in [-0.25, -0.2) is 0 Å². The molecule has 0 saturated carbocycles. The van der Waals surface area contributed by atoms with Crippen LogP contribution in [-0.4, -0.2) is 43.2 Å². The number of nitrogens with zero attached hydrogens (tertiary/aromatic N) is 1. The summed E-state index contributed by atoms with van der Waals surface area (Å²) in [5.41, 5.74) is 6.12. The summed E-state index contributed by atoms with van der Waals surface area (Å²) in [7, 11) is 1.71. The minimum Gasteiger partial charge on any atom is -0.497 e. The van der Waals surface area contributed by atoms with E-state index in [2.05, 4.69) is 77.6 Å². The molecule has 0 spiro atoms. The maximum absolute atomic E-state index is 5.36. The van der Waals surface area contributed by atoms with Gasteiger partial charge in [0.1, 0.15) is 5.75 Å². The molecule has 0 saturated heterocycles. The molecule has 4 aromatic rings. The van der Waals surface area contributed by atoms with Crippen LogP contribution in [0.25, 0.3) is 32.9 Å². The lowest BCUT2D eigenvalue weighted by atomic mass is 9.98. The number of aromatic nitrogens is 1. The van der Waals surface area contributed by atoms with Crippen molar-refractivity contribution in [3.63, 3.8) is 0 Å². The number of hydrogen-bond acceptors (Lipinski definition) is 3. The number of benzene rings is 3. The number of nitrogens with one attached hydrogen (secondary N) is 2. The number of aromatic amines is 1. The van der Waals surface area contributed by atoms with Crippen LogP contribution in [0.5, 0.6) is 5.75 Å². The van der Waals surface area contributed by atoms with E-state index in [4.69, 9.17) is 4.74 Å². The van der Waals surface area contributed by atoms with Gasteiger partial charge < -0.3 is 19.9 Å². The fraction of sp³-hybridized carbons (Fsp3) is 0.357. The van der Waals surface area contributed by atoms with Crippen LogP contribution in [0.1, 0.15) is 32.3 Å². The SMILES string of the molecule is CCN(CC)CCCCNCc1cc(-c2ccc(OC)cc2)c2[nH]c3ccccc3c2c1. The van der Waals surface area contributed by atoms with Crippen molar-refractivity contribution in [2.75, 3.05) is 33.3 Å². The van der Waals surface area contributed by atoms with Crippen molar-refractivity contribution in [1.82, 2.24) is 15.2 Å². The fourth-order valence-corrected chi connectivity index (χ4v) is 4.47. The Morgan fingerprint density at radius 2 is 1.69 bits per heavy atom. The predicted molar refractivity (Wildman–Crippen MR) is 137 cm³/mol. The van der Waals surface area contributed by atoms with Crippen LogP contribution < -0.4 is 10.1 Å². The minimum atomic E-state index is 0.879. The van der Waals surface area contributed by atoms with Crippen LogP contribution in [0.15, 0.2) is 60.7 Å². The maximum Gasteiger partial charge on any atom is 0.118 e. The lowest BCUT2D eigenvalue weighted by Crippen LogP contribution is -2.25. The van der Waals surface area contributed by atoms with Crippen LogP contribution in [-0.2, 0) is 6.54 Å². The highest BCUT2D eigenvalue weighted by atomic mass is 16.5. The van der Waals surface area contributed by atoms with Crippen LogP contribution in [0, 0.1) is 0 Å². The first-order chi connectivity index (χ1) is 15.7. The van der Waals surface area contributed by atoms with E-state index >= 15 is 0 Å². The summed E-state index contributed by atoms with van der Waals surface area (Å²) >= 11 is 0. The van der Waals surface area contributed by atoms with Gasteiger partial charge in [0.25, 0.3) is 0 Å². The van der Waals surface area contributed by atoms with E-state index in [-0.39, 0.29) is 0 Å². The summed E-state index contributed by atoms with van der Waals surface area (Å²) in [6.07, 6.45) is 2.45. The van der Waals surface area contributed by atoms with Crippen molar-refractivity contribution >= 4 is 21.8 Å². The summed E-state index contributed by atoms with van der Waals surface area (Å²) in [6, 6.07) is 21.6. The number of hydrogen-bond donors (Lipinski definition) is 2. The molecule has 1 aromatic heterocycles. The molecule has 0 unspecified atom stereocenters. The molecule has 168 valence electrons. The second kappa shape index (κ2) is 10.7. The molecule has 4 heteroatoms. The average molecular weight is 430 g/mol. The molecule has 2 N–H and O–H groups in total. The first-order valence-corrected chi connectivity index (χ1v) is 11.8. The lowest BCUT2D eigenvalue weighted by molar-refractivity contribution is 0.296. The smallest absolute Gasteiger partial charge is 0.118 e. The maximum atomic E-state index is 5.36. The van der Waals surface area contributed by atoms with Crippen LogP contribution >= 0.6 is 0 Å². The van der Waals surface area contributed by atoms with Crippen LogP contribution in [0.3, 0.4) is 0 Å². The normalized spacial score (nSPS) is 11.6. The molecule has 0 amide bonds. The molecular weight excluding hydrogens is 394 g/mol. The Morgan fingerprint density at radius 3 is 2.44 bits per heavy atom. The van der Waals surface area contributed by atoms with E-state index in [1.54, 1.807) is 7.11 Å². The second-order valence-corrected chi connectivity index (χ2v) is 8.38. The van der Waals surface area contributed by atoms with E-state index in [9.17, 15) is 0 Å². The molecule has 0 atom stereocenters. The Balaban J connectivity index is 1.55. The highest BCUT2D eigenvalue weighted by molar-refractivity contribution is 6.12. The first kappa shape index (κ1) is 22.4. The number of H-pyrrole nitrogens is 1. The van der Waals surface area contributed by atoms with Crippen molar-refractivity contribution in [3.8, 4) is 16.9 Å². The van der Waals surface area contributed by atoms with Gasteiger partial charge in [0.05, 0.1) is 12.6 Å². The minimum absolute atomic E-state index is 0.879. The third-order valence-corrected chi connectivity index (χ3v) is 6.38. The van der Waals surface area contributed by atoms with Gasteiger partial charge in [-0.15, -0.1) is 0 Å². The summed E-state index contributed by atoms with van der Waals surface area (Å²) in [6.45, 7) is 9.88. The molecular formula is C28H35N3O. The quantitative estimate of drug-likeness (QED) is 0.279. The molecule has 0 aliphatic rings. The van der Waals surface area contributed by atoms with Gasteiger partial charge in [0, 0.05) is 28.4 Å². The largest absolute Gasteiger partial charge is 0.497 e. The standard InChI is InChI=1S/C28H35N3O/c1-4-31(5-2)17-9-8-16-29-20-21-18-25(22-12-14-23(32-3)15-13-22)28-26(19-21)24-10-6-7-11-27(24)30-28/h6-7,10-15,18-19,29-30H,4-5,8-9,16-17,20H2,1-3H3. The number of para-hydroxylation sites is 1. The van der Waals surface area contributed by atoms with Crippen molar-refractivity contribution < 1.29 is 4.74 Å². The Morgan fingerprint density at radius 1 is 0.906 bits per heavy atom. The lowest BCUT2D eigenvalue weighted by Gasteiger charge is -2.17. The number of methoxy groups -OCH3 is 1. The van der Waals surface area contributed by atoms with E-state index < -0.39 is 0 Å². The van der Waals surface area contributed by atoms with Gasteiger partial charge in [0.2, 0.25) is 0 Å². The number of unbranched alkanes of at least 4 members (excludes halogenated alkanes) is 1. The molecule has 0 bridgehead atoms. The highest BCUT2D eigenvalue weighted by Gasteiger charge is 2.12. The number of rotatable bonds is 11. The average Bonchev–Trinajstić information content (AvgIpc) is 3.22. The van der Waals surface area contributed by atoms with Crippen molar-refractivity contribution in [1.29, 1.82) is 0 Å². The molecule has 0 aliphatic heterocycles. The summed E-state index contributed by atoms with van der Waals surface area (Å²) in [5.74, 6) is 0.879. The van der Waals surface area contributed by atoms with Gasteiger partial charge >= 0.3 is 0 Å². The van der Waals surface area contributed by atoms with E-state index in [0.29, 0.717) is 0 Å². The topological polar surface area (TPSA) is 40.3 Å². The Labute approximate surface area is 191 Å². The van der Waals surface area contributed by atoms with Gasteiger partial charge in [0.15, 0.2) is 0 Å². The van der Waals surface area contributed by atoms with E-state index in [0.717, 1.165) is 31.9 Å². The summed E-state index contributed by atoms with van der Waals surface area (Å²) < 4.78 is 5.36. The zero-order valence-electron chi connectivity index (χ0n) is 19.6. The van der Waals surface area contributed by atoms with Gasteiger partial charge in [-0.2, -0.15) is 0 Å². The first-order valence-electron chi connectivity index (χ1n) is 11.8. The monoisotopic (exact) mass is 429 g/mol. The third-order valence-electron chi connectivity index (χ3n) is 6.38. The molecule has 0 aliphatic carbocycles. The number of fused-ring (bicyclic) bond motifs is 3. The molecule has 0 fully saturated rings. The fourth-order valence-electron chi connectivity index (χ4n) is 4.47. The molecule has 1 heterocycles. The van der Waals surface area contributed by atoms with Crippen molar-refractivity contribution in [3.05, 3.63) is 66.2 Å². The Kier molecular flexibility index (Phi) is 7.46. The molecule has 4 nitrogen and oxygen atoms in total. The predicted octanol–water partition coefficient (Wildman–Crippen LogP) is 6.21. The summed E-state index contributed by atoms with van der Waals surface area (Å²) in [5, 5.41) is 6.23. The Bertz CT molecular complexity index is 1140. The number of ether oxygens (including phenoxy) is 1. The highest BCUT2D eigenvalue weighted by Crippen LogP contribution is 2.35. The van der Waals surface area contributed by atoms with Crippen molar-refractivity contribution in [2.24, 2.45) is 0 Å². The van der Waals surface area contributed by atoms with E-state index in [1.165, 1.54) is 57.9 Å². The van der Waals surface area contributed by atoms with E-state index in [1.807, 2.05) is 12.1 Å². The zero-order valence-corrected chi connectivity index (χ0v) is 19.6. The van der Waals surface area contributed by atoms with Gasteiger partial charge in [-0.05, 0) is 80.5 Å². The van der Waals surface area contributed by atoms with Crippen molar-refractivity contribution in [2.45, 2.75) is 33.2 Å². The molecule has 4 rings (SSSR count). The third kappa shape index (κ3) is 4.98. The molecule has 32 heavy (non-hydrogen) atoms. The van der Waals surface area contributed by atoms with Gasteiger partial charge in [-0.1, -0.05) is 44.2 Å². The molecule has 0 radical (unpaired) electrons. The Hall–Kier alpha value is -2.82.